The summed E-state index contributed by atoms with van der Waals surface area (Å²) in [5.41, 5.74) is 7.20. The molecule has 9 nitrogen and oxygen atoms in total. The van der Waals surface area contributed by atoms with Crippen molar-refractivity contribution >= 4 is 55.6 Å². The lowest BCUT2D eigenvalue weighted by Gasteiger charge is -2.12. The van der Waals surface area contributed by atoms with Gasteiger partial charge in [-0.3, -0.25) is 4.68 Å². The summed E-state index contributed by atoms with van der Waals surface area (Å²) in [7, 11) is -0.972. The van der Waals surface area contributed by atoms with Gasteiger partial charge in [0, 0.05) is 54.2 Å². The zero-order chi connectivity index (χ0) is 28.4. The minimum atomic E-state index is -2.99. The number of anilines is 2. The number of fused-ring (bicyclic) bond motifs is 2. The fraction of sp³-hybridized carbons (Fsp3) is 0.194. The maximum absolute atomic E-state index is 11.4. The first-order valence-electron chi connectivity index (χ1n) is 13.4. The van der Waals surface area contributed by atoms with Gasteiger partial charge in [-0.05, 0) is 53.6 Å². The lowest BCUT2D eigenvalue weighted by atomic mass is 10.1. The quantitative estimate of drug-likeness (QED) is 0.204. The molecule has 6 aromatic rings. The standard InChI is InChI=1S/C31H31N7O2S.ClH/c1-37-26(19-32-14-15-41(2,39)40)10-13-29(37)23-8-11-28-27(17-23)31(34-21-33-28)36-25-9-12-30-24(16-25)18-35-38(30)20-22-6-4-3-5-7-22;/h3-13,16-18,21,32H,14-15,19-20H2,1-2H3,(H,33,34,36);1H. The van der Waals surface area contributed by atoms with Crippen LogP contribution in [-0.4, -0.2) is 51.3 Å². The molecule has 2 N–H and O–H groups in total. The maximum Gasteiger partial charge on any atom is 0.148 e. The molecule has 0 spiro atoms. The topological polar surface area (TPSA) is 107 Å². The van der Waals surface area contributed by atoms with E-state index >= 15 is 0 Å². The van der Waals surface area contributed by atoms with Crippen molar-refractivity contribution in [2.45, 2.75) is 13.1 Å². The van der Waals surface area contributed by atoms with Crippen molar-refractivity contribution in [2.24, 2.45) is 7.05 Å². The molecule has 0 saturated carbocycles. The second-order valence-corrected chi connectivity index (χ2v) is 12.5. The zero-order valence-corrected chi connectivity index (χ0v) is 25.0. The van der Waals surface area contributed by atoms with Gasteiger partial charge in [-0.2, -0.15) is 5.10 Å². The number of nitrogens with zero attached hydrogens (tertiary/aromatic N) is 5. The van der Waals surface area contributed by atoms with E-state index in [0.717, 1.165) is 50.3 Å². The highest BCUT2D eigenvalue weighted by Gasteiger charge is 2.12. The molecule has 0 saturated heterocycles. The van der Waals surface area contributed by atoms with Gasteiger partial charge in [-0.1, -0.05) is 36.4 Å². The van der Waals surface area contributed by atoms with E-state index in [1.807, 2.05) is 48.3 Å². The van der Waals surface area contributed by atoms with Crippen molar-refractivity contribution in [1.29, 1.82) is 0 Å². The van der Waals surface area contributed by atoms with E-state index in [1.165, 1.54) is 11.8 Å². The smallest absolute Gasteiger partial charge is 0.148 e. The molecule has 11 heteroatoms. The number of aromatic nitrogens is 5. The molecule has 216 valence electrons. The summed E-state index contributed by atoms with van der Waals surface area (Å²) in [5.74, 6) is 0.845. The third kappa shape index (κ3) is 6.46. The van der Waals surface area contributed by atoms with Crippen LogP contribution in [0.3, 0.4) is 0 Å². The summed E-state index contributed by atoms with van der Waals surface area (Å²) in [6, 6.07) is 26.8. The Hall–Kier alpha value is -4.25. The third-order valence-corrected chi connectivity index (χ3v) is 8.14. The van der Waals surface area contributed by atoms with Crippen LogP contribution in [0.2, 0.25) is 0 Å². The van der Waals surface area contributed by atoms with Crippen LogP contribution in [0.25, 0.3) is 33.1 Å². The van der Waals surface area contributed by atoms with E-state index in [9.17, 15) is 8.42 Å². The zero-order valence-electron chi connectivity index (χ0n) is 23.4. The van der Waals surface area contributed by atoms with E-state index < -0.39 is 9.84 Å². The summed E-state index contributed by atoms with van der Waals surface area (Å²) < 4.78 is 26.9. The van der Waals surface area contributed by atoms with Crippen LogP contribution >= 0.6 is 12.4 Å². The van der Waals surface area contributed by atoms with E-state index in [0.29, 0.717) is 19.6 Å². The van der Waals surface area contributed by atoms with Gasteiger partial charge in [0.25, 0.3) is 0 Å². The van der Waals surface area contributed by atoms with Gasteiger partial charge in [0.15, 0.2) is 0 Å². The van der Waals surface area contributed by atoms with Crippen LogP contribution < -0.4 is 10.6 Å². The van der Waals surface area contributed by atoms with Crippen molar-refractivity contribution in [1.82, 2.24) is 29.6 Å². The Kier molecular flexibility index (Phi) is 8.58. The van der Waals surface area contributed by atoms with Crippen LogP contribution in [0.4, 0.5) is 11.5 Å². The molecule has 42 heavy (non-hydrogen) atoms. The number of hydrogen-bond acceptors (Lipinski definition) is 7. The van der Waals surface area contributed by atoms with Crippen molar-refractivity contribution in [2.75, 3.05) is 23.9 Å². The largest absolute Gasteiger partial charge is 0.346 e. The molecule has 6 rings (SSSR count). The minimum Gasteiger partial charge on any atom is -0.346 e. The molecule has 0 aliphatic heterocycles. The fourth-order valence-electron chi connectivity index (χ4n) is 4.99. The van der Waals surface area contributed by atoms with Crippen LogP contribution in [-0.2, 0) is 30.0 Å². The number of sulfone groups is 1. The van der Waals surface area contributed by atoms with Crippen molar-refractivity contribution in [3.05, 3.63) is 103 Å². The number of benzene rings is 3. The van der Waals surface area contributed by atoms with Gasteiger partial charge in [0.2, 0.25) is 0 Å². The Balaban J connectivity index is 0.00000353. The van der Waals surface area contributed by atoms with E-state index in [4.69, 9.17) is 0 Å². The highest BCUT2D eigenvalue weighted by molar-refractivity contribution is 7.90. The predicted octanol–water partition coefficient (Wildman–Crippen LogP) is 5.33. The molecule has 3 aromatic heterocycles. The Morgan fingerprint density at radius 2 is 1.76 bits per heavy atom. The molecule has 0 fully saturated rings. The molecule has 0 radical (unpaired) electrons. The van der Waals surface area contributed by atoms with Gasteiger partial charge in [0.1, 0.15) is 22.0 Å². The molecule has 0 aliphatic carbocycles. The Morgan fingerprint density at radius 1 is 0.929 bits per heavy atom. The van der Waals surface area contributed by atoms with Crippen molar-refractivity contribution < 1.29 is 8.42 Å². The second kappa shape index (κ2) is 12.3. The number of halogens is 1. The minimum absolute atomic E-state index is 0. The summed E-state index contributed by atoms with van der Waals surface area (Å²) in [6.45, 7) is 1.72. The van der Waals surface area contributed by atoms with E-state index in [-0.39, 0.29) is 18.2 Å². The normalized spacial score (nSPS) is 11.6. The van der Waals surface area contributed by atoms with E-state index in [2.05, 4.69) is 78.8 Å². The van der Waals surface area contributed by atoms with Gasteiger partial charge in [-0.15, -0.1) is 12.4 Å². The first kappa shape index (κ1) is 29.2. The summed E-state index contributed by atoms with van der Waals surface area (Å²) in [6.07, 6.45) is 4.72. The average Bonchev–Trinajstić information content (AvgIpc) is 3.53. The first-order chi connectivity index (χ1) is 19.8. The maximum atomic E-state index is 11.4. The molecule has 3 heterocycles. The van der Waals surface area contributed by atoms with Crippen LogP contribution in [0.5, 0.6) is 0 Å². The number of hydrogen-bond donors (Lipinski definition) is 2. The van der Waals surface area contributed by atoms with Crippen molar-refractivity contribution in [3.63, 3.8) is 0 Å². The Bertz CT molecular complexity index is 1950. The molecule has 0 aliphatic rings. The highest BCUT2D eigenvalue weighted by Crippen LogP contribution is 2.30. The lowest BCUT2D eigenvalue weighted by Crippen LogP contribution is -2.22. The van der Waals surface area contributed by atoms with E-state index in [1.54, 1.807) is 6.33 Å². The molecule has 0 bridgehead atoms. The molecule has 0 unspecified atom stereocenters. The number of rotatable bonds is 10. The SMILES string of the molecule is Cl.Cn1c(CNCCS(C)(=O)=O)ccc1-c1ccc2ncnc(Nc3ccc4c(cnn4Cc4ccccc4)c3)c2c1. The second-order valence-electron chi connectivity index (χ2n) is 10.2. The fourth-order valence-corrected chi connectivity index (χ4v) is 5.51. The number of nitrogens with one attached hydrogen (secondary N) is 2. The Morgan fingerprint density at radius 3 is 2.57 bits per heavy atom. The van der Waals surface area contributed by atoms with Crippen molar-refractivity contribution in [3.8, 4) is 11.3 Å². The molecular weight excluding hydrogens is 570 g/mol. The Labute approximate surface area is 250 Å². The summed E-state index contributed by atoms with van der Waals surface area (Å²) in [5, 5.41) is 13.3. The van der Waals surface area contributed by atoms with Gasteiger partial charge >= 0.3 is 0 Å². The monoisotopic (exact) mass is 601 g/mol. The first-order valence-corrected chi connectivity index (χ1v) is 15.4. The van der Waals surface area contributed by atoms with Crippen LogP contribution in [0, 0.1) is 0 Å². The molecule has 0 atom stereocenters. The van der Waals surface area contributed by atoms with Gasteiger partial charge in [0.05, 0.1) is 29.5 Å². The highest BCUT2D eigenvalue weighted by atomic mass is 35.5. The third-order valence-electron chi connectivity index (χ3n) is 7.19. The van der Waals surface area contributed by atoms with Crippen LogP contribution in [0.1, 0.15) is 11.3 Å². The lowest BCUT2D eigenvalue weighted by molar-refractivity contribution is 0.595. The molecule has 0 amide bonds. The predicted molar refractivity (Wildman–Crippen MR) is 171 cm³/mol. The molecular formula is C31H32ClN7O2S. The molecule has 3 aromatic carbocycles. The van der Waals surface area contributed by atoms with Gasteiger partial charge in [-0.25, -0.2) is 18.4 Å². The summed E-state index contributed by atoms with van der Waals surface area (Å²) >= 11 is 0. The summed E-state index contributed by atoms with van der Waals surface area (Å²) in [4.78, 5) is 9.04. The van der Waals surface area contributed by atoms with Gasteiger partial charge < -0.3 is 15.2 Å². The average molecular weight is 602 g/mol. The van der Waals surface area contributed by atoms with Crippen LogP contribution in [0.15, 0.2) is 91.4 Å².